The van der Waals surface area contributed by atoms with Gasteiger partial charge in [-0.05, 0) is 18.6 Å². The number of para-hydroxylation sites is 1. The van der Waals surface area contributed by atoms with Gasteiger partial charge >= 0.3 is 5.97 Å². The number of amides is 1. The lowest BCUT2D eigenvalue weighted by Crippen LogP contribution is -2.42. The Hall–Kier alpha value is -2.83. The summed E-state index contributed by atoms with van der Waals surface area (Å²) in [4.78, 5) is 29.9. The second kappa shape index (κ2) is 6.08. The number of H-pyrrole nitrogens is 1. The van der Waals surface area contributed by atoms with E-state index in [1.54, 1.807) is 19.1 Å². The number of carbonyl (C=O) groups excluding carboxylic acids is 1. The number of carbonyl (C=O) groups is 2. The largest absolute Gasteiger partial charge is 0.507 e. The fourth-order valence-corrected chi connectivity index (χ4v) is 1.89. The molecule has 7 heteroatoms. The van der Waals surface area contributed by atoms with Crippen molar-refractivity contribution in [3.05, 3.63) is 47.5 Å². The Kier molecular flexibility index (Phi) is 4.22. The normalized spacial score (nSPS) is 11.9. The van der Waals surface area contributed by atoms with Crippen LogP contribution in [0.25, 0.3) is 0 Å². The van der Waals surface area contributed by atoms with E-state index in [1.807, 2.05) is 0 Å². The van der Waals surface area contributed by atoms with Gasteiger partial charge < -0.3 is 20.5 Å². The highest BCUT2D eigenvalue weighted by atomic mass is 16.4. The second-order valence-electron chi connectivity index (χ2n) is 4.62. The van der Waals surface area contributed by atoms with Crippen LogP contribution in [-0.2, 0) is 11.2 Å². The van der Waals surface area contributed by atoms with Gasteiger partial charge in [-0.1, -0.05) is 12.1 Å². The Balaban J connectivity index is 2.15. The topological polar surface area (TPSA) is 115 Å². The molecule has 0 radical (unpaired) electrons. The van der Waals surface area contributed by atoms with Crippen molar-refractivity contribution >= 4 is 11.9 Å². The second-order valence-corrected chi connectivity index (χ2v) is 4.62. The van der Waals surface area contributed by atoms with E-state index in [0.717, 1.165) is 0 Å². The first-order valence-corrected chi connectivity index (χ1v) is 6.28. The van der Waals surface area contributed by atoms with Gasteiger partial charge in [0.25, 0.3) is 5.91 Å². The molecule has 1 atom stereocenters. The first kappa shape index (κ1) is 14.6. The molecule has 1 heterocycles. The van der Waals surface area contributed by atoms with Crippen molar-refractivity contribution in [3.8, 4) is 5.75 Å². The molecule has 0 fully saturated rings. The molecule has 110 valence electrons. The van der Waals surface area contributed by atoms with Crippen LogP contribution in [0.1, 0.15) is 21.6 Å². The third kappa shape index (κ3) is 3.38. The van der Waals surface area contributed by atoms with E-state index in [-0.39, 0.29) is 17.7 Å². The molecule has 2 aromatic rings. The zero-order chi connectivity index (χ0) is 15.4. The van der Waals surface area contributed by atoms with Crippen LogP contribution in [0.2, 0.25) is 0 Å². The number of aromatic hydroxyl groups is 1. The highest BCUT2D eigenvalue weighted by molar-refractivity contribution is 5.99. The molecule has 0 bridgehead atoms. The highest BCUT2D eigenvalue weighted by Gasteiger charge is 2.23. The van der Waals surface area contributed by atoms with Crippen LogP contribution in [0.3, 0.4) is 0 Å². The van der Waals surface area contributed by atoms with Crippen LogP contribution in [0.4, 0.5) is 0 Å². The van der Waals surface area contributed by atoms with Gasteiger partial charge in [0.2, 0.25) is 0 Å². The number of aromatic nitrogens is 2. The predicted octanol–water partition coefficient (Wildman–Crippen LogP) is 0.849. The lowest BCUT2D eigenvalue weighted by molar-refractivity contribution is -0.139. The average molecular weight is 289 g/mol. The number of phenolic OH excluding ortho intramolecular Hbond substituents is 1. The van der Waals surface area contributed by atoms with Gasteiger partial charge in [0, 0.05) is 18.3 Å². The molecular formula is C14H15N3O4. The van der Waals surface area contributed by atoms with Crippen molar-refractivity contribution in [2.24, 2.45) is 0 Å². The average Bonchev–Trinajstić information content (AvgIpc) is 2.93. The summed E-state index contributed by atoms with van der Waals surface area (Å²) in [7, 11) is 0. The molecule has 0 saturated carbocycles. The number of hydrogen-bond donors (Lipinski definition) is 4. The van der Waals surface area contributed by atoms with Crippen LogP contribution in [0.5, 0.6) is 5.75 Å². The molecule has 0 unspecified atom stereocenters. The zero-order valence-electron chi connectivity index (χ0n) is 11.3. The molecule has 0 spiro atoms. The molecule has 21 heavy (non-hydrogen) atoms. The fraction of sp³-hybridized carbons (Fsp3) is 0.214. The van der Waals surface area contributed by atoms with Crippen LogP contribution in [0, 0.1) is 6.92 Å². The van der Waals surface area contributed by atoms with Gasteiger partial charge in [0.15, 0.2) is 0 Å². The molecule has 4 N–H and O–H groups in total. The lowest BCUT2D eigenvalue weighted by atomic mass is 10.1. The molecule has 2 rings (SSSR count). The number of carboxylic acid groups (broad SMARTS) is 1. The van der Waals surface area contributed by atoms with E-state index in [9.17, 15) is 19.8 Å². The minimum atomic E-state index is -1.16. The Labute approximate surface area is 120 Å². The van der Waals surface area contributed by atoms with Crippen molar-refractivity contribution in [2.45, 2.75) is 19.4 Å². The number of benzene rings is 1. The zero-order valence-corrected chi connectivity index (χ0v) is 11.3. The standard InChI is InChI=1S/C14H15N3O4/c1-8-3-2-4-10(12(8)18)13(19)17-11(14(20)21)5-9-6-15-7-16-9/h2-4,6-7,11,18H,5H2,1H3,(H,15,16)(H,17,19)(H,20,21)/t11-/m1/s1. The maximum Gasteiger partial charge on any atom is 0.326 e. The van der Waals surface area contributed by atoms with Gasteiger partial charge in [-0.25, -0.2) is 9.78 Å². The number of hydrogen-bond acceptors (Lipinski definition) is 4. The maximum atomic E-state index is 12.1. The van der Waals surface area contributed by atoms with Gasteiger partial charge in [0.05, 0.1) is 11.9 Å². The summed E-state index contributed by atoms with van der Waals surface area (Å²) in [5, 5.41) is 21.4. The molecule has 0 aliphatic heterocycles. The Bertz CT molecular complexity index is 652. The monoisotopic (exact) mass is 289 g/mol. The number of aliphatic carboxylic acids is 1. The number of imidazole rings is 1. The summed E-state index contributed by atoms with van der Waals surface area (Å²) in [6.45, 7) is 1.66. The van der Waals surface area contributed by atoms with E-state index >= 15 is 0 Å². The number of aryl methyl sites for hydroxylation is 1. The number of nitrogens with one attached hydrogen (secondary N) is 2. The number of aromatic amines is 1. The number of carboxylic acids is 1. The molecule has 7 nitrogen and oxygen atoms in total. The van der Waals surface area contributed by atoms with Crippen molar-refractivity contribution < 1.29 is 19.8 Å². The molecule has 1 amide bonds. The highest BCUT2D eigenvalue weighted by Crippen LogP contribution is 2.21. The molecular weight excluding hydrogens is 274 g/mol. The fourth-order valence-electron chi connectivity index (χ4n) is 1.89. The van der Waals surface area contributed by atoms with Crippen LogP contribution in [-0.4, -0.2) is 38.1 Å². The smallest absolute Gasteiger partial charge is 0.326 e. The van der Waals surface area contributed by atoms with Crippen molar-refractivity contribution in [1.29, 1.82) is 0 Å². The summed E-state index contributed by atoms with van der Waals surface area (Å²) in [6.07, 6.45) is 3.00. The predicted molar refractivity (Wildman–Crippen MR) is 74.0 cm³/mol. The van der Waals surface area contributed by atoms with Crippen LogP contribution in [0.15, 0.2) is 30.7 Å². The minimum Gasteiger partial charge on any atom is -0.507 e. The van der Waals surface area contributed by atoms with Gasteiger partial charge in [-0.2, -0.15) is 0 Å². The summed E-state index contributed by atoms with van der Waals surface area (Å²) in [5.41, 5.74) is 1.19. The van der Waals surface area contributed by atoms with Crippen molar-refractivity contribution in [2.75, 3.05) is 0 Å². The first-order chi connectivity index (χ1) is 9.99. The number of phenols is 1. The van der Waals surface area contributed by atoms with Crippen LogP contribution >= 0.6 is 0 Å². The summed E-state index contributed by atoms with van der Waals surface area (Å²) in [5.74, 6) is -1.95. The maximum absolute atomic E-state index is 12.1. The minimum absolute atomic E-state index is 0.0471. The van der Waals surface area contributed by atoms with Crippen LogP contribution < -0.4 is 5.32 Å². The molecule has 1 aromatic carbocycles. The molecule has 0 aliphatic rings. The Morgan fingerprint density at radius 2 is 2.19 bits per heavy atom. The summed E-state index contributed by atoms with van der Waals surface area (Å²) in [6, 6.07) is 3.60. The van der Waals surface area contributed by atoms with E-state index in [2.05, 4.69) is 15.3 Å². The number of rotatable bonds is 5. The van der Waals surface area contributed by atoms with Gasteiger partial charge in [0.1, 0.15) is 11.8 Å². The van der Waals surface area contributed by atoms with E-state index in [0.29, 0.717) is 11.3 Å². The quantitative estimate of drug-likeness (QED) is 0.651. The Morgan fingerprint density at radius 3 is 2.81 bits per heavy atom. The van der Waals surface area contributed by atoms with E-state index in [1.165, 1.54) is 18.6 Å². The number of nitrogens with zero attached hydrogens (tertiary/aromatic N) is 1. The third-order valence-corrected chi connectivity index (χ3v) is 3.06. The SMILES string of the molecule is Cc1cccc(C(=O)N[C@H](Cc2cnc[nH]2)C(=O)O)c1O. The van der Waals surface area contributed by atoms with Gasteiger partial charge in [-0.3, -0.25) is 4.79 Å². The molecule has 0 aliphatic carbocycles. The summed E-state index contributed by atoms with van der Waals surface area (Å²) >= 11 is 0. The first-order valence-electron chi connectivity index (χ1n) is 6.28. The Morgan fingerprint density at radius 1 is 1.43 bits per heavy atom. The molecule has 0 saturated heterocycles. The van der Waals surface area contributed by atoms with E-state index < -0.39 is 17.9 Å². The van der Waals surface area contributed by atoms with Crippen molar-refractivity contribution in [1.82, 2.24) is 15.3 Å². The lowest BCUT2D eigenvalue weighted by Gasteiger charge is -2.14. The summed E-state index contributed by atoms with van der Waals surface area (Å²) < 4.78 is 0. The molecule has 1 aromatic heterocycles. The van der Waals surface area contributed by atoms with Crippen molar-refractivity contribution in [3.63, 3.8) is 0 Å². The van der Waals surface area contributed by atoms with E-state index in [4.69, 9.17) is 0 Å². The van der Waals surface area contributed by atoms with Gasteiger partial charge in [-0.15, -0.1) is 0 Å². The third-order valence-electron chi connectivity index (χ3n) is 3.06.